The highest BCUT2D eigenvalue weighted by Crippen LogP contribution is 2.26. The highest BCUT2D eigenvalue weighted by atomic mass is 32.1. The maximum Gasteiger partial charge on any atom is 0.263 e. The number of aliphatic hydroxyl groups is 1. The van der Waals surface area contributed by atoms with Crippen molar-refractivity contribution in [3.8, 4) is 10.6 Å². The van der Waals surface area contributed by atoms with Gasteiger partial charge in [0.05, 0.1) is 12.8 Å². The highest BCUT2D eigenvalue weighted by Gasteiger charge is 2.12. The minimum absolute atomic E-state index is 0.150. The molecular formula is C12H10F2N2O2S. The van der Waals surface area contributed by atoms with Crippen LogP contribution in [0.1, 0.15) is 9.67 Å². The number of halogens is 2. The second-order valence-corrected chi connectivity index (χ2v) is 4.67. The highest BCUT2D eigenvalue weighted by molar-refractivity contribution is 7.16. The van der Waals surface area contributed by atoms with Gasteiger partial charge >= 0.3 is 0 Å². The lowest BCUT2D eigenvalue weighted by Crippen LogP contribution is -2.25. The van der Waals surface area contributed by atoms with Gasteiger partial charge in [-0.2, -0.15) is 0 Å². The summed E-state index contributed by atoms with van der Waals surface area (Å²) in [5, 5.41) is 11.5. The van der Waals surface area contributed by atoms with E-state index in [-0.39, 0.29) is 19.1 Å². The van der Waals surface area contributed by atoms with Crippen LogP contribution in [0.2, 0.25) is 0 Å². The van der Waals surface area contributed by atoms with Crippen LogP contribution in [0.25, 0.3) is 10.6 Å². The average Bonchev–Trinajstić information content (AvgIpc) is 2.89. The first-order chi connectivity index (χ1) is 9.11. The molecule has 1 aromatic carbocycles. The SMILES string of the molecule is O=C(NCCO)c1cnc(-c2ccc(F)c(F)c2)s1. The van der Waals surface area contributed by atoms with E-state index >= 15 is 0 Å². The van der Waals surface area contributed by atoms with Crippen molar-refractivity contribution >= 4 is 17.2 Å². The summed E-state index contributed by atoms with van der Waals surface area (Å²) in [6, 6.07) is 3.44. The molecule has 7 heteroatoms. The number of rotatable bonds is 4. The zero-order chi connectivity index (χ0) is 13.8. The molecule has 0 fully saturated rings. The van der Waals surface area contributed by atoms with Crippen LogP contribution in [0, 0.1) is 11.6 Å². The first-order valence-corrected chi connectivity index (χ1v) is 6.24. The number of aliphatic hydroxyl groups excluding tert-OH is 1. The van der Waals surface area contributed by atoms with Crippen molar-refractivity contribution in [3.05, 3.63) is 40.9 Å². The van der Waals surface area contributed by atoms with E-state index in [1.807, 2.05) is 0 Å². The van der Waals surface area contributed by atoms with Gasteiger partial charge in [-0.25, -0.2) is 13.8 Å². The third kappa shape index (κ3) is 3.12. The lowest BCUT2D eigenvalue weighted by Gasteiger charge is -1.99. The first-order valence-electron chi connectivity index (χ1n) is 5.42. The molecule has 0 aliphatic heterocycles. The molecule has 2 aromatic rings. The molecule has 19 heavy (non-hydrogen) atoms. The zero-order valence-corrected chi connectivity index (χ0v) is 10.5. The van der Waals surface area contributed by atoms with Gasteiger partial charge < -0.3 is 10.4 Å². The van der Waals surface area contributed by atoms with Crippen LogP contribution in [-0.4, -0.2) is 29.1 Å². The van der Waals surface area contributed by atoms with E-state index in [4.69, 9.17) is 5.11 Å². The fourth-order valence-corrected chi connectivity index (χ4v) is 2.23. The molecule has 0 atom stereocenters. The van der Waals surface area contributed by atoms with Crippen molar-refractivity contribution in [2.24, 2.45) is 0 Å². The van der Waals surface area contributed by atoms with Gasteiger partial charge in [0.15, 0.2) is 11.6 Å². The Labute approximate surface area is 111 Å². The van der Waals surface area contributed by atoms with Crippen LogP contribution in [0.3, 0.4) is 0 Å². The zero-order valence-electron chi connectivity index (χ0n) is 9.69. The number of thiazole rings is 1. The molecule has 1 heterocycles. The molecule has 0 radical (unpaired) electrons. The van der Waals surface area contributed by atoms with Crippen molar-refractivity contribution < 1.29 is 18.7 Å². The van der Waals surface area contributed by atoms with Crippen molar-refractivity contribution in [1.82, 2.24) is 10.3 Å². The van der Waals surface area contributed by atoms with Crippen LogP contribution >= 0.6 is 11.3 Å². The van der Waals surface area contributed by atoms with Gasteiger partial charge in [-0.1, -0.05) is 0 Å². The molecule has 0 bridgehead atoms. The number of hydrogen-bond donors (Lipinski definition) is 2. The molecule has 0 aliphatic rings. The molecule has 2 N–H and O–H groups in total. The number of nitrogens with zero attached hydrogens (tertiary/aromatic N) is 1. The first kappa shape index (κ1) is 13.6. The summed E-state index contributed by atoms with van der Waals surface area (Å²) in [6.07, 6.45) is 1.36. The minimum Gasteiger partial charge on any atom is -0.395 e. The number of aromatic nitrogens is 1. The van der Waals surface area contributed by atoms with Crippen LogP contribution < -0.4 is 5.32 Å². The Morgan fingerprint density at radius 1 is 1.37 bits per heavy atom. The monoisotopic (exact) mass is 284 g/mol. The fraction of sp³-hybridized carbons (Fsp3) is 0.167. The van der Waals surface area contributed by atoms with Crippen LogP contribution in [0.5, 0.6) is 0 Å². The third-order valence-electron chi connectivity index (χ3n) is 2.29. The van der Waals surface area contributed by atoms with Crippen LogP contribution in [0.4, 0.5) is 8.78 Å². The van der Waals surface area contributed by atoms with Crippen molar-refractivity contribution in [1.29, 1.82) is 0 Å². The van der Waals surface area contributed by atoms with Crippen molar-refractivity contribution in [3.63, 3.8) is 0 Å². The standard InChI is InChI=1S/C12H10F2N2O2S/c13-8-2-1-7(5-9(8)14)12-16-6-10(19-12)11(18)15-3-4-17/h1-2,5-6,17H,3-4H2,(H,15,18). The Hall–Kier alpha value is -1.86. The Bertz CT molecular complexity index is 601. The predicted molar refractivity (Wildman–Crippen MR) is 66.9 cm³/mol. The van der Waals surface area contributed by atoms with Crippen molar-refractivity contribution in [2.75, 3.05) is 13.2 Å². The second kappa shape index (κ2) is 5.85. The topological polar surface area (TPSA) is 62.2 Å². The van der Waals surface area contributed by atoms with Gasteiger partial charge in [-0.05, 0) is 18.2 Å². The molecule has 100 valence electrons. The van der Waals surface area contributed by atoms with E-state index in [0.717, 1.165) is 23.5 Å². The molecule has 4 nitrogen and oxygen atoms in total. The minimum atomic E-state index is -0.959. The Morgan fingerprint density at radius 2 is 2.16 bits per heavy atom. The Morgan fingerprint density at radius 3 is 2.84 bits per heavy atom. The largest absolute Gasteiger partial charge is 0.395 e. The molecule has 1 amide bonds. The number of nitrogens with one attached hydrogen (secondary N) is 1. The maximum atomic E-state index is 13.1. The second-order valence-electron chi connectivity index (χ2n) is 3.64. The number of amides is 1. The van der Waals surface area contributed by atoms with E-state index in [2.05, 4.69) is 10.3 Å². The summed E-state index contributed by atoms with van der Waals surface area (Å²) in [7, 11) is 0. The van der Waals surface area contributed by atoms with E-state index in [0.29, 0.717) is 15.4 Å². The van der Waals surface area contributed by atoms with Gasteiger partial charge in [0.1, 0.15) is 9.88 Å². The summed E-state index contributed by atoms with van der Waals surface area (Å²) in [6.45, 7) is -0.00217. The summed E-state index contributed by atoms with van der Waals surface area (Å²) in [5.41, 5.74) is 0.408. The average molecular weight is 284 g/mol. The van der Waals surface area contributed by atoms with Crippen LogP contribution in [0.15, 0.2) is 24.4 Å². The van der Waals surface area contributed by atoms with Gasteiger partial charge in [0.2, 0.25) is 0 Å². The maximum absolute atomic E-state index is 13.1. The van der Waals surface area contributed by atoms with Gasteiger partial charge in [-0.3, -0.25) is 4.79 Å². The quantitative estimate of drug-likeness (QED) is 0.900. The van der Waals surface area contributed by atoms with E-state index < -0.39 is 11.6 Å². The summed E-state index contributed by atoms with van der Waals surface area (Å²) < 4.78 is 25.9. The number of carbonyl (C=O) groups excluding carboxylic acids is 1. The normalized spacial score (nSPS) is 10.5. The molecule has 1 aromatic heterocycles. The molecule has 0 saturated heterocycles. The van der Waals surface area contributed by atoms with Crippen LogP contribution in [-0.2, 0) is 0 Å². The Kier molecular flexibility index (Phi) is 4.18. The predicted octanol–water partition coefficient (Wildman–Crippen LogP) is 1.81. The molecule has 0 spiro atoms. The molecule has 0 aliphatic carbocycles. The molecule has 0 saturated carbocycles. The van der Waals surface area contributed by atoms with Gasteiger partial charge in [0, 0.05) is 12.1 Å². The summed E-state index contributed by atoms with van der Waals surface area (Å²) in [5.74, 6) is -2.25. The molecule has 2 rings (SSSR count). The lowest BCUT2D eigenvalue weighted by atomic mass is 10.2. The summed E-state index contributed by atoms with van der Waals surface area (Å²) in [4.78, 5) is 15.9. The summed E-state index contributed by atoms with van der Waals surface area (Å²) >= 11 is 1.07. The van der Waals surface area contributed by atoms with Crippen molar-refractivity contribution in [2.45, 2.75) is 0 Å². The van der Waals surface area contributed by atoms with E-state index in [9.17, 15) is 13.6 Å². The van der Waals surface area contributed by atoms with Gasteiger partial charge in [-0.15, -0.1) is 11.3 Å². The number of hydrogen-bond acceptors (Lipinski definition) is 4. The Balaban J connectivity index is 2.20. The fourth-order valence-electron chi connectivity index (χ4n) is 1.40. The lowest BCUT2D eigenvalue weighted by molar-refractivity contribution is 0.0948. The number of carbonyl (C=O) groups is 1. The van der Waals surface area contributed by atoms with E-state index in [1.165, 1.54) is 12.3 Å². The van der Waals surface area contributed by atoms with Gasteiger partial charge in [0.25, 0.3) is 5.91 Å². The third-order valence-corrected chi connectivity index (χ3v) is 3.34. The molecule has 0 unspecified atom stereocenters. The molecular weight excluding hydrogens is 274 g/mol. The smallest absolute Gasteiger partial charge is 0.263 e. The number of benzene rings is 1. The van der Waals surface area contributed by atoms with E-state index in [1.54, 1.807) is 0 Å².